The van der Waals surface area contributed by atoms with E-state index in [1.54, 1.807) is 6.20 Å². The molecule has 1 N–H and O–H groups in total. The van der Waals surface area contributed by atoms with Gasteiger partial charge in [0.2, 0.25) is 0 Å². The number of ether oxygens (including phenoxy) is 1. The first-order chi connectivity index (χ1) is 12.3. The standard InChI is InChI=1S/C18H29N5O2/c24-18(22-9-7-21(8-10-22)16-4-1-2-5-16)20-15-12-19-23(13-15)14-17-6-3-11-25-17/h12-13,16-17H,1-11,14H2,(H,20,24). The SMILES string of the molecule is O=C(Nc1cnn(CC2CCCO2)c1)N1CCN(C2CCCC2)CC1. The molecule has 1 unspecified atom stereocenters. The summed E-state index contributed by atoms with van der Waals surface area (Å²) >= 11 is 0. The van der Waals surface area contributed by atoms with Gasteiger partial charge in [-0.25, -0.2) is 4.79 Å². The first-order valence-electron chi connectivity index (χ1n) is 9.72. The van der Waals surface area contributed by atoms with E-state index < -0.39 is 0 Å². The van der Waals surface area contributed by atoms with Gasteiger partial charge in [0, 0.05) is 45.0 Å². The molecule has 3 fully saturated rings. The summed E-state index contributed by atoms with van der Waals surface area (Å²) in [4.78, 5) is 17.0. The molecular formula is C18H29N5O2. The molecule has 0 bridgehead atoms. The lowest BCUT2D eigenvalue weighted by molar-refractivity contribution is 0.0940. The van der Waals surface area contributed by atoms with Gasteiger partial charge in [-0.1, -0.05) is 12.8 Å². The molecule has 1 saturated carbocycles. The highest BCUT2D eigenvalue weighted by atomic mass is 16.5. The minimum atomic E-state index is -0.0114. The quantitative estimate of drug-likeness (QED) is 0.907. The van der Waals surface area contributed by atoms with Crippen molar-refractivity contribution in [3.05, 3.63) is 12.4 Å². The number of carbonyl (C=O) groups excluding carboxylic acids is 1. The highest BCUT2D eigenvalue weighted by Crippen LogP contribution is 2.24. The van der Waals surface area contributed by atoms with Gasteiger partial charge in [0.15, 0.2) is 0 Å². The molecular weight excluding hydrogens is 318 g/mol. The maximum Gasteiger partial charge on any atom is 0.322 e. The monoisotopic (exact) mass is 347 g/mol. The van der Waals surface area contributed by atoms with Crippen LogP contribution in [0.3, 0.4) is 0 Å². The van der Waals surface area contributed by atoms with Crippen molar-refractivity contribution in [2.24, 2.45) is 0 Å². The van der Waals surface area contributed by atoms with Gasteiger partial charge >= 0.3 is 6.03 Å². The molecule has 0 spiro atoms. The molecule has 2 saturated heterocycles. The normalized spacial score (nSPS) is 25.6. The van der Waals surface area contributed by atoms with Gasteiger partial charge < -0.3 is 15.0 Å². The van der Waals surface area contributed by atoms with Crippen molar-refractivity contribution in [1.29, 1.82) is 0 Å². The van der Waals surface area contributed by atoms with E-state index in [0.29, 0.717) is 0 Å². The fourth-order valence-electron chi connectivity index (χ4n) is 4.29. The molecule has 4 rings (SSSR count). The van der Waals surface area contributed by atoms with Gasteiger partial charge in [-0.05, 0) is 25.7 Å². The fraction of sp³-hybridized carbons (Fsp3) is 0.778. The predicted molar refractivity (Wildman–Crippen MR) is 95.6 cm³/mol. The number of hydrogen-bond donors (Lipinski definition) is 1. The van der Waals surface area contributed by atoms with Crippen LogP contribution < -0.4 is 5.32 Å². The van der Waals surface area contributed by atoms with Crippen LogP contribution in [0.15, 0.2) is 12.4 Å². The molecule has 1 aromatic rings. The number of carbonyl (C=O) groups is 1. The van der Waals surface area contributed by atoms with Crippen LogP contribution in [0.4, 0.5) is 10.5 Å². The number of rotatable bonds is 4. The van der Waals surface area contributed by atoms with Gasteiger partial charge in [0.1, 0.15) is 0 Å². The molecule has 2 amide bonds. The van der Waals surface area contributed by atoms with Crippen LogP contribution in [0.1, 0.15) is 38.5 Å². The summed E-state index contributed by atoms with van der Waals surface area (Å²) in [6, 6.07) is 0.740. The van der Waals surface area contributed by atoms with Crippen molar-refractivity contribution in [1.82, 2.24) is 19.6 Å². The predicted octanol–water partition coefficient (Wildman–Crippen LogP) is 2.15. The summed E-state index contributed by atoms with van der Waals surface area (Å²) in [5.41, 5.74) is 0.765. The summed E-state index contributed by atoms with van der Waals surface area (Å²) in [6.45, 7) is 5.23. The Balaban J connectivity index is 1.24. The third-order valence-corrected chi connectivity index (χ3v) is 5.74. The van der Waals surface area contributed by atoms with E-state index in [2.05, 4.69) is 15.3 Å². The van der Waals surface area contributed by atoms with Gasteiger partial charge in [-0.2, -0.15) is 5.10 Å². The molecule has 7 heteroatoms. The molecule has 0 radical (unpaired) electrons. The van der Waals surface area contributed by atoms with Crippen molar-refractivity contribution in [2.75, 3.05) is 38.1 Å². The molecule has 138 valence electrons. The Labute approximate surface area is 149 Å². The Kier molecular flexibility index (Phi) is 5.22. The van der Waals surface area contributed by atoms with Crippen LogP contribution in [-0.2, 0) is 11.3 Å². The van der Waals surface area contributed by atoms with E-state index in [0.717, 1.165) is 63.9 Å². The number of hydrogen-bond acceptors (Lipinski definition) is 4. The van der Waals surface area contributed by atoms with Crippen LogP contribution >= 0.6 is 0 Å². The number of aromatic nitrogens is 2. The van der Waals surface area contributed by atoms with Gasteiger partial charge in [-0.15, -0.1) is 0 Å². The second-order valence-corrected chi connectivity index (χ2v) is 7.48. The van der Waals surface area contributed by atoms with E-state index in [1.807, 2.05) is 15.8 Å². The molecule has 7 nitrogen and oxygen atoms in total. The highest BCUT2D eigenvalue weighted by molar-refractivity contribution is 5.89. The van der Waals surface area contributed by atoms with Crippen LogP contribution in [-0.4, -0.2) is 70.5 Å². The molecule has 1 aliphatic carbocycles. The average molecular weight is 347 g/mol. The summed E-state index contributed by atoms with van der Waals surface area (Å²) in [6.07, 6.45) is 11.5. The Bertz CT molecular complexity index is 570. The topological polar surface area (TPSA) is 62.6 Å². The zero-order chi connectivity index (χ0) is 17.1. The summed E-state index contributed by atoms with van der Waals surface area (Å²) in [7, 11) is 0. The largest absolute Gasteiger partial charge is 0.376 e. The van der Waals surface area contributed by atoms with E-state index in [1.165, 1.54) is 25.7 Å². The smallest absolute Gasteiger partial charge is 0.322 e. The number of urea groups is 1. The molecule has 3 heterocycles. The lowest BCUT2D eigenvalue weighted by Gasteiger charge is -2.37. The number of anilines is 1. The van der Waals surface area contributed by atoms with Gasteiger partial charge in [0.05, 0.1) is 24.5 Å². The molecule has 2 aliphatic heterocycles. The summed E-state index contributed by atoms with van der Waals surface area (Å²) in [5, 5.41) is 7.32. The summed E-state index contributed by atoms with van der Waals surface area (Å²) in [5.74, 6) is 0. The Morgan fingerprint density at radius 1 is 1.16 bits per heavy atom. The second kappa shape index (κ2) is 7.74. The third kappa shape index (κ3) is 4.15. The van der Waals surface area contributed by atoms with Crippen molar-refractivity contribution in [2.45, 2.75) is 57.2 Å². The maximum absolute atomic E-state index is 12.5. The molecule has 1 atom stereocenters. The number of piperazine rings is 1. The number of nitrogens with zero attached hydrogens (tertiary/aromatic N) is 4. The fourth-order valence-corrected chi connectivity index (χ4v) is 4.29. The Morgan fingerprint density at radius 2 is 1.96 bits per heavy atom. The van der Waals surface area contributed by atoms with Crippen molar-refractivity contribution in [3.63, 3.8) is 0 Å². The minimum absolute atomic E-state index is 0.0114. The van der Waals surface area contributed by atoms with Gasteiger partial charge in [0.25, 0.3) is 0 Å². The van der Waals surface area contributed by atoms with E-state index in [9.17, 15) is 4.79 Å². The first-order valence-corrected chi connectivity index (χ1v) is 9.72. The van der Waals surface area contributed by atoms with Crippen LogP contribution in [0.25, 0.3) is 0 Å². The van der Waals surface area contributed by atoms with E-state index in [4.69, 9.17) is 4.74 Å². The summed E-state index contributed by atoms with van der Waals surface area (Å²) < 4.78 is 7.50. The van der Waals surface area contributed by atoms with Crippen molar-refractivity contribution < 1.29 is 9.53 Å². The third-order valence-electron chi connectivity index (χ3n) is 5.74. The van der Waals surface area contributed by atoms with Crippen molar-refractivity contribution >= 4 is 11.7 Å². The Hall–Kier alpha value is -1.60. The lowest BCUT2D eigenvalue weighted by Crippen LogP contribution is -2.52. The first kappa shape index (κ1) is 16.8. The zero-order valence-electron chi connectivity index (χ0n) is 14.9. The second-order valence-electron chi connectivity index (χ2n) is 7.48. The van der Waals surface area contributed by atoms with Crippen LogP contribution in [0.5, 0.6) is 0 Å². The lowest BCUT2D eigenvalue weighted by atomic mass is 10.2. The van der Waals surface area contributed by atoms with E-state index >= 15 is 0 Å². The maximum atomic E-state index is 12.5. The number of nitrogens with one attached hydrogen (secondary N) is 1. The average Bonchev–Trinajstić information content (AvgIpc) is 3.38. The molecule has 3 aliphatic rings. The minimum Gasteiger partial charge on any atom is -0.376 e. The van der Waals surface area contributed by atoms with Crippen LogP contribution in [0, 0.1) is 0 Å². The molecule has 25 heavy (non-hydrogen) atoms. The number of amides is 2. The highest BCUT2D eigenvalue weighted by Gasteiger charge is 2.28. The van der Waals surface area contributed by atoms with Crippen molar-refractivity contribution in [3.8, 4) is 0 Å². The van der Waals surface area contributed by atoms with Crippen LogP contribution in [0.2, 0.25) is 0 Å². The zero-order valence-corrected chi connectivity index (χ0v) is 14.9. The molecule has 0 aromatic carbocycles. The molecule has 1 aromatic heterocycles. The van der Waals surface area contributed by atoms with E-state index in [-0.39, 0.29) is 12.1 Å². The van der Waals surface area contributed by atoms with Gasteiger partial charge in [-0.3, -0.25) is 9.58 Å². The Morgan fingerprint density at radius 3 is 2.68 bits per heavy atom.